The van der Waals surface area contributed by atoms with Gasteiger partial charge < -0.3 is 14.4 Å². The smallest absolute Gasteiger partial charge is 0.241 e. The first kappa shape index (κ1) is 18.2. The second-order valence-corrected chi connectivity index (χ2v) is 7.63. The molecule has 1 N–H and O–H groups in total. The Morgan fingerprint density at radius 2 is 1.77 bits per heavy atom. The second-order valence-electron chi connectivity index (χ2n) is 5.87. The number of ether oxygens (including phenoxy) is 2. The maximum Gasteiger partial charge on any atom is 0.241 e. The molecule has 0 saturated carbocycles. The molecule has 1 aliphatic rings. The molecule has 8 heteroatoms. The number of sulfonamides is 1. The van der Waals surface area contributed by atoms with E-state index in [1.807, 2.05) is 30.3 Å². The number of fused-ring (bicyclic) bond motifs is 1. The molecule has 0 atom stereocenters. The van der Waals surface area contributed by atoms with Crippen molar-refractivity contribution < 1.29 is 22.7 Å². The van der Waals surface area contributed by atoms with Crippen LogP contribution in [0.2, 0.25) is 0 Å². The molecule has 0 aliphatic carbocycles. The molecule has 0 saturated heterocycles. The SMILES string of the molecule is CN(Cc1ccccc1)C(=O)CNS(=O)(=O)c1ccc2c(c1)OCCO2. The van der Waals surface area contributed by atoms with Gasteiger partial charge in [-0.15, -0.1) is 0 Å². The number of nitrogens with one attached hydrogen (secondary N) is 1. The minimum Gasteiger partial charge on any atom is -0.486 e. The van der Waals surface area contributed by atoms with E-state index < -0.39 is 10.0 Å². The van der Waals surface area contributed by atoms with Crippen molar-refractivity contribution in [3.8, 4) is 11.5 Å². The summed E-state index contributed by atoms with van der Waals surface area (Å²) in [6, 6.07) is 13.9. The fraction of sp³-hybridized carbons (Fsp3) is 0.278. The maximum absolute atomic E-state index is 12.4. The molecule has 0 bridgehead atoms. The lowest BCUT2D eigenvalue weighted by atomic mass is 10.2. The largest absolute Gasteiger partial charge is 0.486 e. The first-order valence-corrected chi connectivity index (χ1v) is 9.61. The third-order valence-electron chi connectivity index (χ3n) is 3.93. The zero-order valence-corrected chi connectivity index (χ0v) is 15.2. The summed E-state index contributed by atoms with van der Waals surface area (Å²) < 4.78 is 38.0. The second kappa shape index (κ2) is 7.76. The van der Waals surface area contributed by atoms with Gasteiger partial charge in [0.1, 0.15) is 13.2 Å². The van der Waals surface area contributed by atoms with Crippen molar-refractivity contribution in [1.29, 1.82) is 0 Å². The van der Waals surface area contributed by atoms with Gasteiger partial charge in [0.25, 0.3) is 0 Å². The fourth-order valence-corrected chi connectivity index (χ4v) is 3.50. The number of nitrogens with zero attached hydrogens (tertiary/aromatic N) is 1. The summed E-state index contributed by atoms with van der Waals surface area (Å²) in [5.41, 5.74) is 0.970. The summed E-state index contributed by atoms with van der Waals surface area (Å²) in [7, 11) is -2.20. The van der Waals surface area contributed by atoms with E-state index in [9.17, 15) is 13.2 Å². The van der Waals surface area contributed by atoms with Crippen LogP contribution in [-0.4, -0.2) is 46.0 Å². The molecule has 1 aliphatic heterocycles. The van der Waals surface area contributed by atoms with E-state index in [1.165, 1.54) is 17.0 Å². The van der Waals surface area contributed by atoms with Gasteiger partial charge >= 0.3 is 0 Å². The molecule has 0 fully saturated rings. The van der Waals surface area contributed by atoms with E-state index in [-0.39, 0.29) is 17.3 Å². The summed E-state index contributed by atoms with van der Waals surface area (Å²) >= 11 is 0. The minimum absolute atomic E-state index is 0.0280. The molecule has 7 nitrogen and oxygen atoms in total. The molecular formula is C18H20N2O5S. The Hall–Kier alpha value is -2.58. The van der Waals surface area contributed by atoms with Crippen LogP contribution in [0.25, 0.3) is 0 Å². The van der Waals surface area contributed by atoms with Gasteiger partial charge in [-0.1, -0.05) is 30.3 Å². The van der Waals surface area contributed by atoms with Crippen LogP contribution >= 0.6 is 0 Å². The van der Waals surface area contributed by atoms with Crippen LogP contribution in [0, 0.1) is 0 Å². The summed E-state index contributed by atoms with van der Waals surface area (Å²) in [6.07, 6.45) is 0. The number of likely N-dealkylation sites (N-methyl/N-ethyl adjacent to an activating group) is 1. The van der Waals surface area contributed by atoms with Gasteiger partial charge in [-0.2, -0.15) is 0 Å². The molecule has 26 heavy (non-hydrogen) atoms. The molecule has 3 rings (SSSR count). The lowest BCUT2D eigenvalue weighted by Gasteiger charge is -2.19. The molecule has 138 valence electrons. The standard InChI is InChI=1S/C18H20N2O5S/c1-20(13-14-5-3-2-4-6-14)18(21)12-19-26(22,23)15-7-8-16-17(11-15)25-10-9-24-16/h2-8,11,19H,9-10,12-13H2,1H3. The molecule has 1 heterocycles. The zero-order valence-electron chi connectivity index (χ0n) is 14.3. The van der Waals surface area contributed by atoms with Crippen LogP contribution in [-0.2, 0) is 21.4 Å². The Balaban J connectivity index is 1.61. The van der Waals surface area contributed by atoms with Gasteiger partial charge in [0.15, 0.2) is 11.5 Å². The number of hydrogen-bond acceptors (Lipinski definition) is 5. The molecule has 2 aromatic rings. The van der Waals surface area contributed by atoms with Gasteiger partial charge in [-0.25, -0.2) is 13.1 Å². The van der Waals surface area contributed by atoms with Gasteiger partial charge in [-0.3, -0.25) is 4.79 Å². The number of carbonyl (C=O) groups excluding carboxylic acids is 1. The van der Waals surface area contributed by atoms with Crippen molar-refractivity contribution >= 4 is 15.9 Å². The molecule has 0 unspecified atom stereocenters. The summed E-state index contributed by atoms with van der Waals surface area (Å²) in [5, 5.41) is 0. The monoisotopic (exact) mass is 376 g/mol. The molecular weight excluding hydrogens is 356 g/mol. The maximum atomic E-state index is 12.4. The van der Waals surface area contributed by atoms with Crippen LogP contribution in [0.5, 0.6) is 11.5 Å². The van der Waals surface area contributed by atoms with Crippen molar-refractivity contribution in [2.45, 2.75) is 11.4 Å². The van der Waals surface area contributed by atoms with Crippen molar-refractivity contribution in [2.24, 2.45) is 0 Å². The number of benzene rings is 2. The average molecular weight is 376 g/mol. The van der Waals surface area contributed by atoms with Crippen LogP contribution < -0.4 is 14.2 Å². The first-order valence-electron chi connectivity index (χ1n) is 8.13. The number of hydrogen-bond donors (Lipinski definition) is 1. The zero-order chi connectivity index (χ0) is 18.6. The van der Waals surface area contributed by atoms with E-state index in [0.717, 1.165) is 5.56 Å². The van der Waals surface area contributed by atoms with Crippen LogP contribution in [0.4, 0.5) is 0 Å². The summed E-state index contributed by atoms with van der Waals surface area (Å²) in [5.74, 6) is 0.565. The highest BCUT2D eigenvalue weighted by Gasteiger charge is 2.21. The average Bonchev–Trinajstić information content (AvgIpc) is 2.66. The Kier molecular flexibility index (Phi) is 5.43. The predicted molar refractivity (Wildman–Crippen MR) is 95.5 cm³/mol. The topological polar surface area (TPSA) is 84.9 Å². The Bertz CT molecular complexity index is 884. The molecule has 2 aromatic carbocycles. The first-order chi connectivity index (χ1) is 12.5. The van der Waals surface area contributed by atoms with Gasteiger partial charge in [-0.05, 0) is 17.7 Å². The van der Waals surface area contributed by atoms with E-state index >= 15 is 0 Å². The molecule has 0 radical (unpaired) electrons. The van der Waals surface area contributed by atoms with E-state index in [4.69, 9.17) is 9.47 Å². The normalized spacial score (nSPS) is 13.3. The van der Waals surface area contributed by atoms with E-state index in [0.29, 0.717) is 31.3 Å². The quantitative estimate of drug-likeness (QED) is 0.824. The number of carbonyl (C=O) groups is 1. The minimum atomic E-state index is -3.83. The van der Waals surface area contributed by atoms with Crippen LogP contribution in [0.1, 0.15) is 5.56 Å². The van der Waals surface area contributed by atoms with Gasteiger partial charge in [0, 0.05) is 19.7 Å². The van der Waals surface area contributed by atoms with Crippen LogP contribution in [0.15, 0.2) is 53.4 Å². The summed E-state index contributed by atoms with van der Waals surface area (Å²) in [6.45, 7) is 0.887. The lowest BCUT2D eigenvalue weighted by molar-refractivity contribution is -0.129. The lowest BCUT2D eigenvalue weighted by Crippen LogP contribution is -2.37. The van der Waals surface area contributed by atoms with Crippen molar-refractivity contribution in [2.75, 3.05) is 26.8 Å². The fourth-order valence-electron chi connectivity index (χ4n) is 2.51. The Morgan fingerprint density at radius 3 is 2.50 bits per heavy atom. The number of rotatable bonds is 6. The third-order valence-corrected chi connectivity index (χ3v) is 5.32. The highest BCUT2D eigenvalue weighted by Crippen LogP contribution is 2.32. The van der Waals surface area contributed by atoms with Crippen molar-refractivity contribution in [3.63, 3.8) is 0 Å². The predicted octanol–water partition coefficient (Wildman–Crippen LogP) is 1.39. The van der Waals surface area contributed by atoms with E-state index in [1.54, 1.807) is 13.1 Å². The number of amides is 1. The van der Waals surface area contributed by atoms with Gasteiger partial charge in [0.2, 0.25) is 15.9 Å². The molecule has 0 aromatic heterocycles. The van der Waals surface area contributed by atoms with Crippen molar-refractivity contribution in [3.05, 3.63) is 54.1 Å². The highest BCUT2D eigenvalue weighted by atomic mass is 32.2. The van der Waals surface area contributed by atoms with Crippen LogP contribution in [0.3, 0.4) is 0 Å². The third kappa shape index (κ3) is 4.33. The van der Waals surface area contributed by atoms with Crippen molar-refractivity contribution in [1.82, 2.24) is 9.62 Å². The summed E-state index contributed by atoms with van der Waals surface area (Å²) in [4.78, 5) is 13.7. The highest BCUT2D eigenvalue weighted by molar-refractivity contribution is 7.89. The van der Waals surface area contributed by atoms with E-state index in [2.05, 4.69) is 4.72 Å². The Labute approximate surface area is 152 Å². The molecule has 1 amide bonds. The van der Waals surface area contributed by atoms with Gasteiger partial charge in [0.05, 0.1) is 11.4 Å². The Morgan fingerprint density at radius 1 is 1.08 bits per heavy atom. The molecule has 0 spiro atoms.